The van der Waals surface area contributed by atoms with Crippen LogP contribution in [0.25, 0.3) is 55.6 Å². The van der Waals surface area contributed by atoms with Gasteiger partial charge >= 0.3 is 0 Å². The van der Waals surface area contributed by atoms with Crippen molar-refractivity contribution in [1.29, 1.82) is 0 Å². The van der Waals surface area contributed by atoms with Gasteiger partial charge in [0.2, 0.25) is 0 Å². The smallest absolute Gasteiger partial charge is 0.132 e. The van der Waals surface area contributed by atoms with Gasteiger partial charge in [0.15, 0.2) is 0 Å². The molecule has 0 fully saturated rings. The van der Waals surface area contributed by atoms with Gasteiger partial charge < -0.3 is 14.4 Å². The monoisotopic (exact) mass is 981 g/mol. The van der Waals surface area contributed by atoms with Gasteiger partial charge in [0.25, 0.3) is 0 Å². The molecular weight excluding hydrogens is 935 g/mol. The Morgan fingerprint density at radius 3 is 1.25 bits per heavy atom. The number of nitrogens with zero attached hydrogens (tertiary/aromatic N) is 1. The number of benzene rings is 12. The van der Waals surface area contributed by atoms with Gasteiger partial charge in [-0.05, 0) is 139 Å². The van der Waals surface area contributed by atoms with E-state index in [2.05, 4.69) is 290 Å². The molecular formula is C74H47NO2. The van der Waals surface area contributed by atoms with Crippen LogP contribution in [0.15, 0.2) is 285 Å². The van der Waals surface area contributed by atoms with Gasteiger partial charge in [-0.2, -0.15) is 0 Å². The highest BCUT2D eigenvalue weighted by Gasteiger charge is 2.52. The lowest BCUT2D eigenvalue weighted by atomic mass is 9.66. The zero-order valence-electron chi connectivity index (χ0n) is 41.9. The number of para-hydroxylation sites is 5. The van der Waals surface area contributed by atoms with Crippen molar-refractivity contribution in [3.05, 3.63) is 330 Å². The number of hydrogen-bond donors (Lipinski definition) is 0. The van der Waals surface area contributed by atoms with E-state index in [1.807, 2.05) is 0 Å². The number of rotatable bonds is 6. The van der Waals surface area contributed by atoms with Gasteiger partial charge in [-0.15, -0.1) is 0 Å². The lowest BCUT2D eigenvalue weighted by Crippen LogP contribution is -2.32. The molecule has 0 N–H and O–H groups in total. The minimum absolute atomic E-state index is 0.509. The third-order valence-corrected chi connectivity index (χ3v) is 16.8. The predicted molar refractivity (Wildman–Crippen MR) is 312 cm³/mol. The van der Waals surface area contributed by atoms with E-state index in [-0.39, 0.29) is 0 Å². The highest BCUT2D eigenvalue weighted by atomic mass is 16.5. The molecule has 0 aromatic heterocycles. The van der Waals surface area contributed by atoms with Crippen molar-refractivity contribution in [3.63, 3.8) is 0 Å². The van der Waals surface area contributed by atoms with Crippen LogP contribution in [0.3, 0.4) is 0 Å². The lowest BCUT2D eigenvalue weighted by Gasteiger charge is -2.39. The topological polar surface area (TPSA) is 21.7 Å². The number of hydrogen-bond acceptors (Lipinski definition) is 3. The Hall–Kier alpha value is -9.96. The van der Waals surface area contributed by atoms with Crippen LogP contribution in [0.2, 0.25) is 0 Å². The molecule has 360 valence electrons. The largest absolute Gasteiger partial charge is 0.457 e. The molecule has 3 nitrogen and oxygen atoms in total. The molecule has 0 amide bonds. The molecule has 2 heterocycles. The van der Waals surface area contributed by atoms with Gasteiger partial charge in [-0.3, -0.25) is 0 Å². The van der Waals surface area contributed by atoms with Crippen LogP contribution >= 0.6 is 0 Å². The first-order valence-corrected chi connectivity index (χ1v) is 26.6. The predicted octanol–water partition coefficient (Wildman–Crippen LogP) is 19.1. The number of fused-ring (bicyclic) bond motifs is 18. The lowest BCUT2D eigenvalue weighted by molar-refractivity contribution is 0.436. The molecule has 0 radical (unpaired) electrons. The van der Waals surface area contributed by atoms with Crippen molar-refractivity contribution >= 4 is 17.1 Å². The summed E-state index contributed by atoms with van der Waals surface area (Å²) in [5.74, 6) is 3.57. The van der Waals surface area contributed by atoms with Crippen molar-refractivity contribution in [2.45, 2.75) is 10.8 Å². The minimum atomic E-state index is -0.581. The van der Waals surface area contributed by atoms with Crippen LogP contribution in [0.5, 0.6) is 23.0 Å². The van der Waals surface area contributed by atoms with Crippen LogP contribution in [0, 0.1) is 0 Å². The zero-order chi connectivity index (χ0) is 50.7. The fourth-order valence-electron chi connectivity index (χ4n) is 13.7. The molecule has 2 aliphatic carbocycles. The van der Waals surface area contributed by atoms with Gasteiger partial charge in [0.05, 0.1) is 16.5 Å². The Morgan fingerprint density at radius 1 is 0.221 bits per heavy atom. The van der Waals surface area contributed by atoms with Gasteiger partial charge in [-0.25, -0.2) is 0 Å². The van der Waals surface area contributed by atoms with E-state index in [1.165, 1.54) is 61.2 Å². The summed E-state index contributed by atoms with van der Waals surface area (Å²) in [7, 11) is 0. The third kappa shape index (κ3) is 6.20. The molecule has 0 saturated heterocycles. The van der Waals surface area contributed by atoms with Crippen LogP contribution in [0.4, 0.5) is 17.1 Å². The summed E-state index contributed by atoms with van der Waals surface area (Å²) in [5, 5.41) is 0. The van der Waals surface area contributed by atoms with E-state index >= 15 is 0 Å². The molecule has 0 atom stereocenters. The van der Waals surface area contributed by atoms with E-state index in [0.717, 1.165) is 79.0 Å². The van der Waals surface area contributed by atoms with Crippen molar-refractivity contribution in [3.8, 4) is 78.6 Å². The number of ether oxygens (including phenoxy) is 2. The van der Waals surface area contributed by atoms with Crippen molar-refractivity contribution in [2.24, 2.45) is 0 Å². The number of anilines is 3. The Labute approximate surface area is 448 Å². The van der Waals surface area contributed by atoms with Crippen molar-refractivity contribution in [1.82, 2.24) is 0 Å². The Bertz CT molecular complexity index is 4270. The summed E-state index contributed by atoms with van der Waals surface area (Å²) < 4.78 is 13.3. The first kappa shape index (κ1) is 43.4. The van der Waals surface area contributed by atoms with Crippen LogP contribution < -0.4 is 14.4 Å². The molecule has 0 saturated carbocycles. The van der Waals surface area contributed by atoms with Crippen LogP contribution in [-0.4, -0.2) is 0 Å². The van der Waals surface area contributed by atoms with Crippen LogP contribution in [0.1, 0.15) is 44.5 Å². The summed E-state index contributed by atoms with van der Waals surface area (Å²) in [4.78, 5) is 2.44. The molecule has 12 aromatic rings. The quantitative estimate of drug-likeness (QED) is 0.166. The van der Waals surface area contributed by atoms with E-state index in [0.29, 0.717) is 0 Å². The SMILES string of the molecule is c1ccc(-c2cccc(N(c3ccc(-c4ccc5c(c4)-c4ccccc4C54c5ccccc5Oc5ccccc54)cc3)c3ccccc3-c3ccc4c(c3)C3(c5ccccc5Oc5ccccc53)c3ccccc3-4)c2)cc1. The molecule has 12 aromatic carbocycles. The van der Waals surface area contributed by atoms with Crippen molar-refractivity contribution < 1.29 is 9.47 Å². The van der Waals surface area contributed by atoms with Gasteiger partial charge in [-0.1, -0.05) is 218 Å². The van der Waals surface area contributed by atoms with E-state index in [4.69, 9.17) is 9.47 Å². The summed E-state index contributed by atoms with van der Waals surface area (Å²) in [6, 6.07) is 104. The van der Waals surface area contributed by atoms with Gasteiger partial charge in [0.1, 0.15) is 23.0 Å². The van der Waals surface area contributed by atoms with E-state index in [1.54, 1.807) is 0 Å². The second kappa shape index (κ2) is 16.8. The zero-order valence-corrected chi connectivity index (χ0v) is 41.9. The molecule has 0 bridgehead atoms. The average Bonchev–Trinajstić information content (AvgIpc) is 4.19. The standard InChI is InChI=1S/C74H47NO2/c1-2-19-48(20-3-1)50-21-18-22-54(45-50)75(53-41-37-49(38-42-53)51-40-44-62-59(46-51)57-25-5-8-27-61(57)73(62)63-28-9-14-33-69(63)76-70-34-15-10-29-64(70)73)68-32-13-6-23-55(68)52-39-43-58-56-24-4-7-26-60(56)74(67(58)47-52)65-30-11-16-35-71(65)77-72-36-17-12-31-66(72)74/h1-47H. The molecule has 77 heavy (non-hydrogen) atoms. The van der Waals surface area contributed by atoms with Gasteiger partial charge in [0, 0.05) is 39.2 Å². The summed E-state index contributed by atoms with van der Waals surface area (Å²) in [6.07, 6.45) is 0. The maximum absolute atomic E-state index is 6.71. The fraction of sp³-hybridized carbons (Fsp3) is 0.0270. The summed E-state index contributed by atoms with van der Waals surface area (Å²) >= 11 is 0. The second-order valence-electron chi connectivity index (χ2n) is 20.6. The molecule has 3 heteroatoms. The minimum Gasteiger partial charge on any atom is -0.457 e. The Kier molecular flexibility index (Phi) is 9.47. The molecule has 2 spiro atoms. The first-order valence-electron chi connectivity index (χ1n) is 26.6. The highest BCUT2D eigenvalue weighted by Crippen LogP contribution is 2.64. The first-order chi connectivity index (χ1) is 38.2. The molecule has 2 aliphatic heterocycles. The summed E-state index contributed by atoms with van der Waals surface area (Å²) in [5.41, 5.74) is 23.7. The molecule has 16 rings (SSSR count). The Balaban J connectivity index is 0.851. The molecule has 0 unspecified atom stereocenters. The highest BCUT2D eigenvalue weighted by molar-refractivity contribution is 5.95. The fourth-order valence-corrected chi connectivity index (χ4v) is 13.7. The summed E-state index contributed by atoms with van der Waals surface area (Å²) in [6.45, 7) is 0. The third-order valence-electron chi connectivity index (χ3n) is 16.8. The van der Waals surface area contributed by atoms with E-state index in [9.17, 15) is 0 Å². The molecule has 4 aliphatic rings. The maximum atomic E-state index is 6.71. The Morgan fingerprint density at radius 2 is 0.636 bits per heavy atom. The van der Waals surface area contributed by atoms with Crippen LogP contribution in [-0.2, 0) is 10.8 Å². The van der Waals surface area contributed by atoms with Crippen molar-refractivity contribution in [2.75, 3.05) is 4.90 Å². The van der Waals surface area contributed by atoms with E-state index < -0.39 is 10.8 Å². The maximum Gasteiger partial charge on any atom is 0.132 e. The normalized spacial score (nSPS) is 13.9. The average molecular weight is 982 g/mol. The second-order valence-corrected chi connectivity index (χ2v) is 20.6.